The highest BCUT2D eigenvalue weighted by molar-refractivity contribution is 6.36. The van der Waals surface area contributed by atoms with E-state index in [1.165, 1.54) is 4.90 Å². The van der Waals surface area contributed by atoms with Gasteiger partial charge in [0.05, 0.1) is 32.0 Å². The van der Waals surface area contributed by atoms with E-state index in [9.17, 15) is 9.59 Å². The second-order valence-corrected chi connectivity index (χ2v) is 7.49. The van der Waals surface area contributed by atoms with Crippen LogP contribution in [0.15, 0.2) is 78.5 Å². The fourth-order valence-corrected chi connectivity index (χ4v) is 3.64. The first-order valence-corrected chi connectivity index (χ1v) is 10.2. The zero-order valence-electron chi connectivity index (χ0n) is 18.2. The molecule has 0 bridgehead atoms. The Morgan fingerprint density at radius 3 is 2.22 bits per heavy atom. The van der Waals surface area contributed by atoms with Gasteiger partial charge in [0.15, 0.2) is 0 Å². The van der Waals surface area contributed by atoms with Gasteiger partial charge >= 0.3 is 0 Å². The Bertz CT molecular complexity index is 1180. The van der Waals surface area contributed by atoms with E-state index in [1.807, 2.05) is 61.5 Å². The molecule has 4 rings (SSSR count). The van der Waals surface area contributed by atoms with Crippen LogP contribution in [0.5, 0.6) is 11.5 Å². The number of hydrogen-bond donors (Lipinski definition) is 1. The minimum Gasteiger partial charge on any atom is -0.497 e. The number of hydrogen-bond acceptors (Lipinski definition) is 5. The molecule has 0 radical (unpaired) electrons. The maximum Gasteiger partial charge on any atom is 0.278 e. The van der Waals surface area contributed by atoms with Crippen molar-refractivity contribution in [2.45, 2.75) is 13.5 Å². The van der Waals surface area contributed by atoms with Crippen molar-refractivity contribution >= 4 is 23.1 Å². The van der Waals surface area contributed by atoms with Gasteiger partial charge in [0.1, 0.15) is 17.2 Å². The van der Waals surface area contributed by atoms with Crippen molar-refractivity contribution in [3.05, 3.63) is 95.2 Å². The molecule has 2 amide bonds. The summed E-state index contributed by atoms with van der Waals surface area (Å²) in [6.45, 7) is 2.16. The monoisotopic (exact) mass is 428 g/mol. The lowest BCUT2D eigenvalue weighted by Crippen LogP contribution is -2.32. The highest BCUT2D eigenvalue weighted by Gasteiger charge is 2.39. The molecule has 3 aromatic carbocycles. The molecule has 0 saturated carbocycles. The first-order chi connectivity index (χ1) is 15.5. The number of imide groups is 1. The van der Waals surface area contributed by atoms with Crippen LogP contribution in [-0.4, -0.2) is 30.9 Å². The van der Waals surface area contributed by atoms with Crippen LogP contribution in [0.2, 0.25) is 0 Å². The standard InChI is InChI=1S/C26H24N2O4/c1-17-9-11-19(12-10-17)23-24(27-21-15-20(31-2)13-14-22(21)32-3)26(30)28(25(23)29)16-18-7-5-4-6-8-18/h4-15,27H,16H2,1-3H3. The third-order valence-electron chi connectivity index (χ3n) is 5.36. The van der Waals surface area contributed by atoms with Crippen molar-refractivity contribution < 1.29 is 19.1 Å². The topological polar surface area (TPSA) is 67.9 Å². The van der Waals surface area contributed by atoms with Gasteiger partial charge in [0.2, 0.25) is 0 Å². The van der Waals surface area contributed by atoms with Crippen molar-refractivity contribution in [1.82, 2.24) is 4.90 Å². The second-order valence-electron chi connectivity index (χ2n) is 7.49. The summed E-state index contributed by atoms with van der Waals surface area (Å²) in [6.07, 6.45) is 0. The minimum atomic E-state index is -0.390. The summed E-state index contributed by atoms with van der Waals surface area (Å²) in [5.41, 5.74) is 3.69. The molecule has 0 fully saturated rings. The van der Waals surface area contributed by atoms with Crippen molar-refractivity contribution in [2.24, 2.45) is 0 Å². The summed E-state index contributed by atoms with van der Waals surface area (Å²) >= 11 is 0. The Kier molecular flexibility index (Phi) is 5.94. The number of carbonyl (C=O) groups excluding carboxylic acids is 2. The molecule has 0 atom stereocenters. The number of nitrogens with one attached hydrogen (secondary N) is 1. The summed E-state index contributed by atoms with van der Waals surface area (Å²) in [4.78, 5) is 28.1. The minimum absolute atomic E-state index is 0.189. The molecule has 0 unspecified atom stereocenters. The third kappa shape index (κ3) is 4.07. The van der Waals surface area contributed by atoms with E-state index in [4.69, 9.17) is 9.47 Å². The van der Waals surface area contributed by atoms with Crippen LogP contribution in [0.25, 0.3) is 5.57 Å². The van der Waals surface area contributed by atoms with Crippen LogP contribution >= 0.6 is 0 Å². The molecule has 1 N–H and O–H groups in total. The number of anilines is 1. The van der Waals surface area contributed by atoms with Crippen LogP contribution in [0.1, 0.15) is 16.7 Å². The Labute approximate surface area is 187 Å². The van der Waals surface area contributed by atoms with Crippen LogP contribution in [0.3, 0.4) is 0 Å². The highest BCUT2D eigenvalue weighted by atomic mass is 16.5. The highest BCUT2D eigenvalue weighted by Crippen LogP contribution is 2.35. The van der Waals surface area contributed by atoms with E-state index >= 15 is 0 Å². The van der Waals surface area contributed by atoms with Crippen LogP contribution in [0, 0.1) is 6.92 Å². The second kappa shape index (κ2) is 8.98. The van der Waals surface area contributed by atoms with Crippen molar-refractivity contribution in [2.75, 3.05) is 19.5 Å². The molecule has 1 aliphatic heterocycles. The van der Waals surface area contributed by atoms with Gasteiger partial charge in [0, 0.05) is 6.07 Å². The molecule has 32 heavy (non-hydrogen) atoms. The molecule has 0 spiro atoms. The maximum atomic E-state index is 13.4. The molecule has 0 aromatic heterocycles. The fourth-order valence-electron chi connectivity index (χ4n) is 3.64. The molecule has 6 heteroatoms. The summed E-state index contributed by atoms with van der Waals surface area (Å²) in [5.74, 6) is 0.401. The molecule has 0 saturated heterocycles. The van der Waals surface area contributed by atoms with E-state index in [0.717, 1.165) is 11.1 Å². The number of ether oxygens (including phenoxy) is 2. The van der Waals surface area contributed by atoms with Crippen LogP contribution in [-0.2, 0) is 16.1 Å². The third-order valence-corrected chi connectivity index (χ3v) is 5.36. The quantitative estimate of drug-likeness (QED) is 0.565. The maximum absolute atomic E-state index is 13.4. The average Bonchev–Trinajstić information content (AvgIpc) is 3.04. The van der Waals surface area contributed by atoms with Crippen molar-refractivity contribution in [3.63, 3.8) is 0 Å². The molecule has 1 aliphatic rings. The lowest BCUT2D eigenvalue weighted by molar-refractivity contribution is -0.137. The number of nitrogens with zero attached hydrogens (tertiary/aromatic N) is 1. The molecule has 3 aromatic rings. The predicted octanol–water partition coefficient (Wildman–Crippen LogP) is 4.40. The molecule has 162 valence electrons. The normalized spacial score (nSPS) is 13.5. The van der Waals surface area contributed by atoms with E-state index in [1.54, 1.807) is 32.4 Å². The largest absolute Gasteiger partial charge is 0.497 e. The first kappa shape index (κ1) is 21.2. The van der Waals surface area contributed by atoms with Gasteiger partial charge in [-0.3, -0.25) is 14.5 Å². The number of rotatable bonds is 7. The fraction of sp³-hybridized carbons (Fsp3) is 0.154. The van der Waals surface area contributed by atoms with E-state index in [-0.39, 0.29) is 24.1 Å². The van der Waals surface area contributed by atoms with Crippen LogP contribution in [0.4, 0.5) is 5.69 Å². The Morgan fingerprint density at radius 2 is 1.56 bits per heavy atom. The van der Waals surface area contributed by atoms with E-state index < -0.39 is 0 Å². The van der Waals surface area contributed by atoms with Gasteiger partial charge in [0.25, 0.3) is 11.8 Å². The predicted molar refractivity (Wildman–Crippen MR) is 123 cm³/mol. The molecule has 0 aliphatic carbocycles. The Balaban J connectivity index is 1.78. The summed E-state index contributed by atoms with van der Waals surface area (Å²) < 4.78 is 10.8. The molecular formula is C26H24N2O4. The summed E-state index contributed by atoms with van der Waals surface area (Å²) in [5, 5.41) is 3.16. The Morgan fingerprint density at radius 1 is 0.844 bits per heavy atom. The van der Waals surface area contributed by atoms with Gasteiger partial charge in [-0.1, -0.05) is 60.2 Å². The van der Waals surface area contributed by atoms with Gasteiger partial charge in [-0.2, -0.15) is 0 Å². The average molecular weight is 428 g/mol. The molecule has 6 nitrogen and oxygen atoms in total. The number of methoxy groups -OCH3 is 2. The van der Waals surface area contributed by atoms with Crippen molar-refractivity contribution in [3.8, 4) is 11.5 Å². The van der Waals surface area contributed by atoms with E-state index in [2.05, 4.69) is 5.32 Å². The first-order valence-electron chi connectivity index (χ1n) is 10.2. The molecule has 1 heterocycles. The van der Waals surface area contributed by atoms with Gasteiger partial charge in [-0.05, 0) is 30.2 Å². The van der Waals surface area contributed by atoms with Crippen LogP contribution < -0.4 is 14.8 Å². The number of amides is 2. The van der Waals surface area contributed by atoms with Gasteiger partial charge in [-0.25, -0.2) is 0 Å². The zero-order chi connectivity index (χ0) is 22.7. The number of carbonyl (C=O) groups is 2. The summed E-state index contributed by atoms with van der Waals surface area (Å²) in [6, 6.07) is 22.2. The number of benzene rings is 3. The number of aryl methyl sites for hydroxylation is 1. The molecular weight excluding hydrogens is 404 g/mol. The van der Waals surface area contributed by atoms with E-state index in [0.29, 0.717) is 28.3 Å². The lowest BCUT2D eigenvalue weighted by atomic mass is 10.0. The zero-order valence-corrected chi connectivity index (χ0v) is 18.2. The lowest BCUT2D eigenvalue weighted by Gasteiger charge is -2.16. The van der Waals surface area contributed by atoms with Gasteiger partial charge < -0.3 is 14.8 Å². The van der Waals surface area contributed by atoms with Crippen molar-refractivity contribution in [1.29, 1.82) is 0 Å². The van der Waals surface area contributed by atoms with Gasteiger partial charge in [-0.15, -0.1) is 0 Å². The summed E-state index contributed by atoms with van der Waals surface area (Å²) in [7, 11) is 3.11. The Hall–Kier alpha value is -4.06. The SMILES string of the molecule is COc1ccc(OC)c(NC2=C(c3ccc(C)cc3)C(=O)N(Cc3ccccc3)C2=O)c1. The smallest absolute Gasteiger partial charge is 0.278 e.